The van der Waals surface area contributed by atoms with Crippen molar-refractivity contribution in [2.75, 3.05) is 40.9 Å². The molecule has 0 aromatic heterocycles. The lowest BCUT2D eigenvalue weighted by Gasteiger charge is -2.25. The normalized spacial score (nSPS) is 12.7. The van der Waals surface area contributed by atoms with Crippen LogP contribution in [0.1, 0.15) is 40.0 Å². The zero-order chi connectivity index (χ0) is 23.0. The van der Waals surface area contributed by atoms with Crippen LogP contribution in [0, 0.1) is 6.92 Å². The molecule has 8 heteroatoms. The lowest BCUT2D eigenvalue weighted by Crippen LogP contribution is -2.35. The summed E-state index contributed by atoms with van der Waals surface area (Å²) in [5.74, 6) is -0.302. The predicted octanol–water partition coefficient (Wildman–Crippen LogP) is 2.51. The third-order valence-electron chi connectivity index (χ3n) is 5.21. The second-order valence-corrected chi connectivity index (χ2v) is 9.42. The van der Waals surface area contributed by atoms with Crippen LogP contribution in [0.5, 0.6) is 0 Å². The van der Waals surface area contributed by atoms with E-state index in [1.54, 1.807) is 13.0 Å². The first-order chi connectivity index (χ1) is 14.7. The van der Waals surface area contributed by atoms with E-state index in [1.807, 2.05) is 14.1 Å². The number of hydrogen-bond acceptors (Lipinski definition) is 5. The van der Waals surface area contributed by atoms with Gasteiger partial charge in [-0.1, -0.05) is 37.3 Å². The van der Waals surface area contributed by atoms with E-state index >= 15 is 0 Å². The fourth-order valence-corrected chi connectivity index (χ4v) is 4.27. The predicted molar refractivity (Wildman–Crippen MR) is 123 cm³/mol. The maximum atomic E-state index is 12.9. The van der Waals surface area contributed by atoms with Crippen molar-refractivity contribution < 1.29 is 17.9 Å². The lowest BCUT2D eigenvalue weighted by atomic mass is 10.0. The van der Waals surface area contributed by atoms with E-state index in [0.717, 1.165) is 12.0 Å². The maximum Gasteiger partial charge on any atom is 0.251 e. The van der Waals surface area contributed by atoms with Crippen LogP contribution in [0.4, 0.5) is 0 Å². The number of ether oxygens (including phenoxy) is 1. The molecule has 1 unspecified atom stereocenters. The third-order valence-corrected chi connectivity index (χ3v) is 6.67. The molecule has 0 aliphatic rings. The second kappa shape index (κ2) is 11.4. The quantitative estimate of drug-likeness (QED) is 0.517. The van der Waals surface area contributed by atoms with E-state index in [2.05, 4.69) is 46.1 Å². The van der Waals surface area contributed by atoms with Crippen molar-refractivity contribution in [3.05, 3.63) is 64.7 Å². The van der Waals surface area contributed by atoms with Gasteiger partial charge in [-0.15, -0.1) is 0 Å². The Labute approximate surface area is 185 Å². The van der Waals surface area contributed by atoms with Crippen molar-refractivity contribution in [3.63, 3.8) is 0 Å². The molecule has 0 saturated heterocycles. The fraction of sp³-hybridized carbons (Fsp3) is 0.435. The van der Waals surface area contributed by atoms with Gasteiger partial charge in [-0.2, -0.15) is 0 Å². The number of aryl methyl sites for hydroxylation is 2. The smallest absolute Gasteiger partial charge is 0.251 e. The molecule has 0 radical (unpaired) electrons. The summed E-state index contributed by atoms with van der Waals surface area (Å²) >= 11 is 0. The first-order valence-corrected chi connectivity index (χ1v) is 11.8. The number of rotatable bonds is 11. The molecule has 0 aliphatic heterocycles. The van der Waals surface area contributed by atoms with Gasteiger partial charge in [0.2, 0.25) is 10.0 Å². The molecule has 7 nitrogen and oxygen atoms in total. The summed E-state index contributed by atoms with van der Waals surface area (Å²) in [6.45, 7) is 4.73. The van der Waals surface area contributed by atoms with Crippen molar-refractivity contribution in [2.24, 2.45) is 0 Å². The number of nitrogens with zero attached hydrogens (tertiary/aromatic N) is 1. The highest BCUT2D eigenvalue weighted by molar-refractivity contribution is 7.89. The summed E-state index contributed by atoms with van der Waals surface area (Å²) < 4.78 is 32.3. The van der Waals surface area contributed by atoms with Crippen LogP contribution >= 0.6 is 0 Å². The molecule has 170 valence electrons. The van der Waals surface area contributed by atoms with Gasteiger partial charge in [0.1, 0.15) is 0 Å². The highest BCUT2D eigenvalue weighted by Crippen LogP contribution is 2.20. The molecule has 2 N–H and O–H groups in total. The first kappa shape index (κ1) is 25.0. The Kier molecular flexibility index (Phi) is 9.18. The van der Waals surface area contributed by atoms with Gasteiger partial charge in [-0.25, -0.2) is 13.1 Å². The van der Waals surface area contributed by atoms with Gasteiger partial charge in [-0.05, 0) is 56.3 Å². The molecule has 0 saturated carbocycles. The van der Waals surface area contributed by atoms with Crippen molar-refractivity contribution in [1.82, 2.24) is 14.9 Å². The van der Waals surface area contributed by atoms with E-state index in [9.17, 15) is 13.2 Å². The zero-order valence-electron chi connectivity index (χ0n) is 18.9. The Balaban J connectivity index is 2.16. The van der Waals surface area contributed by atoms with Gasteiger partial charge in [0.25, 0.3) is 5.91 Å². The molecule has 1 amide bonds. The lowest BCUT2D eigenvalue weighted by molar-refractivity contribution is 0.0941. The van der Waals surface area contributed by atoms with E-state index in [4.69, 9.17) is 4.74 Å². The molecule has 2 rings (SSSR count). The second-order valence-electron chi connectivity index (χ2n) is 7.65. The summed E-state index contributed by atoms with van der Waals surface area (Å²) in [6, 6.07) is 12.9. The Hall–Kier alpha value is -2.26. The summed E-state index contributed by atoms with van der Waals surface area (Å²) in [4.78, 5) is 15.0. The summed E-state index contributed by atoms with van der Waals surface area (Å²) in [5, 5.41) is 2.96. The molecule has 0 spiro atoms. The summed E-state index contributed by atoms with van der Waals surface area (Å²) in [6.07, 6.45) is 0.975. The number of amides is 1. The van der Waals surface area contributed by atoms with E-state index in [1.165, 1.54) is 24.8 Å². The average Bonchev–Trinajstić information content (AvgIpc) is 2.74. The number of sulfonamides is 1. The Morgan fingerprint density at radius 3 is 2.39 bits per heavy atom. The molecular formula is C23H33N3O4S. The topological polar surface area (TPSA) is 87.7 Å². The largest absolute Gasteiger partial charge is 0.383 e. The van der Waals surface area contributed by atoms with E-state index < -0.39 is 10.0 Å². The summed E-state index contributed by atoms with van der Waals surface area (Å²) in [7, 11) is 1.72. The monoisotopic (exact) mass is 447 g/mol. The average molecular weight is 448 g/mol. The minimum absolute atomic E-state index is 0.00205. The fourth-order valence-electron chi connectivity index (χ4n) is 3.23. The van der Waals surface area contributed by atoms with Gasteiger partial charge >= 0.3 is 0 Å². The van der Waals surface area contributed by atoms with Gasteiger partial charge in [0, 0.05) is 25.8 Å². The Morgan fingerprint density at radius 1 is 1.13 bits per heavy atom. The molecule has 2 aromatic rings. The minimum Gasteiger partial charge on any atom is -0.383 e. The molecule has 31 heavy (non-hydrogen) atoms. The van der Waals surface area contributed by atoms with Crippen molar-refractivity contribution in [2.45, 2.75) is 31.2 Å². The Bertz CT molecular complexity index is 973. The van der Waals surface area contributed by atoms with Gasteiger partial charge in [0.15, 0.2) is 0 Å². The zero-order valence-corrected chi connectivity index (χ0v) is 19.8. The van der Waals surface area contributed by atoms with Crippen molar-refractivity contribution in [3.8, 4) is 0 Å². The highest BCUT2D eigenvalue weighted by Gasteiger charge is 2.20. The molecule has 1 atom stereocenters. The van der Waals surface area contributed by atoms with E-state index in [0.29, 0.717) is 17.7 Å². The van der Waals surface area contributed by atoms with Crippen LogP contribution in [0.2, 0.25) is 0 Å². The third kappa shape index (κ3) is 6.87. The molecule has 0 bridgehead atoms. The SMILES string of the molecule is CCc1ccc(C(CNC(=O)c2cc(S(=O)(=O)NCCOC)ccc2C)N(C)C)cc1. The minimum atomic E-state index is -3.72. The molecule has 0 aliphatic carbocycles. The number of nitrogens with one attached hydrogen (secondary N) is 2. The van der Waals surface area contributed by atoms with Crippen LogP contribution < -0.4 is 10.0 Å². The number of carbonyl (C=O) groups is 1. The number of benzene rings is 2. The maximum absolute atomic E-state index is 12.9. The van der Waals surface area contributed by atoms with Crippen molar-refractivity contribution in [1.29, 1.82) is 0 Å². The van der Waals surface area contributed by atoms with Crippen LogP contribution in [-0.2, 0) is 21.2 Å². The first-order valence-electron chi connectivity index (χ1n) is 10.3. The molecule has 0 heterocycles. The van der Waals surface area contributed by atoms with Crippen LogP contribution in [0.25, 0.3) is 0 Å². The van der Waals surface area contributed by atoms with Crippen molar-refractivity contribution >= 4 is 15.9 Å². The number of methoxy groups -OCH3 is 1. The van der Waals surface area contributed by atoms with Gasteiger partial charge < -0.3 is 15.0 Å². The van der Waals surface area contributed by atoms with Crippen LogP contribution in [0.3, 0.4) is 0 Å². The number of hydrogen-bond donors (Lipinski definition) is 2. The van der Waals surface area contributed by atoms with E-state index in [-0.39, 0.29) is 30.0 Å². The van der Waals surface area contributed by atoms with Crippen LogP contribution in [0.15, 0.2) is 47.4 Å². The van der Waals surface area contributed by atoms with Crippen LogP contribution in [-0.4, -0.2) is 60.1 Å². The number of likely N-dealkylation sites (N-methyl/N-ethyl adjacent to an activating group) is 1. The van der Waals surface area contributed by atoms with Gasteiger partial charge in [0.05, 0.1) is 17.5 Å². The molecule has 0 fully saturated rings. The van der Waals surface area contributed by atoms with Gasteiger partial charge in [-0.3, -0.25) is 4.79 Å². The molecule has 2 aromatic carbocycles. The highest BCUT2D eigenvalue weighted by atomic mass is 32.2. The standard InChI is InChI=1S/C23H33N3O4S/c1-6-18-8-10-19(11-9-18)22(26(3)4)16-24-23(27)21-15-20(12-7-17(21)2)31(28,29)25-13-14-30-5/h7-12,15,22,25H,6,13-14,16H2,1-5H3,(H,24,27). The summed E-state index contributed by atoms with van der Waals surface area (Å²) in [5.41, 5.74) is 3.42. The number of carbonyl (C=O) groups excluding carboxylic acids is 1. The molecular weight excluding hydrogens is 414 g/mol. The Morgan fingerprint density at radius 2 is 1.81 bits per heavy atom.